The first-order valence-corrected chi connectivity index (χ1v) is 6.46. The van der Waals surface area contributed by atoms with Crippen molar-refractivity contribution in [3.8, 4) is 0 Å². The molecule has 0 aromatic rings. The smallest absolute Gasteiger partial charge is 0.0364 e. The van der Waals surface area contributed by atoms with Gasteiger partial charge in [0, 0.05) is 5.38 Å². The zero-order valence-electron chi connectivity index (χ0n) is 10.1. The second-order valence-electron chi connectivity index (χ2n) is 6.29. The second-order valence-corrected chi connectivity index (χ2v) is 6.85. The normalized spacial score (nSPS) is 34.5. The quantitative estimate of drug-likeness (QED) is 0.579. The molecule has 3 unspecified atom stereocenters. The Labute approximate surface area is 94.4 Å². The summed E-state index contributed by atoms with van der Waals surface area (Å²) >= 11 is 6.38. The van der Waals surface area contributed by atoms with Crippen molar-refractivity contribution in [2.45, 2.75) is 65.2 Å². The third-order valence-corrected chi connectivity index (χ3v) is 3.99. The van der Waals surface area contributed by atoms with Crippen LogP contribution in [-0.4, -0.2) is 5.38 Å². The van der Waals surface area contributed by atoms with Crippen LogP contribution < -0.4 is 0 Å². The van der Waals surface area contributed by atoms with Gasteiger partial charge in [0.15, 0.2) is 0 Å². The van der Waals surface area contributed by atoms with E-state index >= 15 is 0 Å². The maximum atomic E-state index is 6.38. The van der Waals surface area contributed by atoms with Gasteiger partial charge in [0.2, 0.25) is 0 Å². The molecule has 0 nitrogen and oxygen atoms in total. The third kappa shape index (κ3) is 4.21. The van der Waals surface area contributed by atoms with E-state index in [4.69, 9.17) is 11.6 Å². The molecular formula is C13H25Cl. The van der Waals surface area contributed by atoms with Crippen molar-refractivity contribution in [3.63, 3.8) is 0 Å². The zero-order valence-corrected chi connectivity index (χ0v) is 10.9. The Bertz CT molecular complexity index is 169. The molecule has 84 valence electrons. The summed E-state index contributed by atoms with van der Waals surface area (Å²) in [4.78, 5) is 0. The van der Waals surface area contributed by atoms with Gasteiger partial charge in [-0.3, -0.25) is 0 Å². The maximum Gasteiger partial charge on any atom is 0.0364 e. The predicted octanol–water partition coefficient (Wildman–Crippen LogP) is 4.86. The minimum atomic E-state index is 0.452. The Morgan fingerprint density at radius 1 is 1.21 bits per heavy atom. The van der Waals surface area contributed by atoms with Crippen LogP contribution in [0.3, 0.4) is 0 Å². The predicted molar refractivity (Wildman–Crippen MR) is 64.8 cm³/mol. The van der Waals surface area contributed by atoms with Crippen LogP contribution in [0.2, 0.25) is 0 Å². The lowest BCUT2D eigenvalue weighted by molar-refractivity contribution is 0.239. The number of rotatable bonds is 2. The molecule has 0 aromatic heterocycles. The summed E-state index contributed by atoms with van der Waals surface area (Å²) in [5.41, 5.74) is 0.470. The highest BCUT2D eigenvalue weighted by Gasteiger charge is 2.27. The molecule has 0 amide bonds. The number of halogens is 1. The van der Waals surface area contributed by atoms with Gasteiger partial charge in [-0.1, -0.05) is 27.7 Å². The van der Waals surface area contributed by atoms with Crippen molar-refractivity contribution in [1.29, 1.82) is 0 Å². The SMILES string of the molecule is CC1CCC(Cl)C(CCC(C)(C)C)C1. The minimum absolute atomic E-state index is 0.452. The lowest BCUT2D eigenvalue weighted by atomic mass is 9.77. The van der Waals surface area contributed by atoms with E-state index in [9.17, 15) is 0 Å². The van der Waals surface area contributed by atoms with E-state index in [-0.39, 0.29) is 0 Å². The van der Waals surface area contributed by atoms with E-state index in [0.717, 1.165) is 11.8 Å². The molecule has 1 heteroatoms. The molecule has 1 aliphatic carbocycles. The molecule has 0 spiro atoms. The van der Waals surface area contributed by atoms with E-state index in [1.807, 2.05) is 0 Å². The van der Waals surface area contributed by atoms with Gasteiger partial charge in [-0.25, -0.2) is 0 Å². The highest BCUT2D eigenvalue weighted by atomic mass is 35.5. The molecule has 1 saturated carbocycles. The van der Waals surface area contributed by atoms with Crippen molar-refractivity contribution in [2.75, 3.05) is 0 Å². The van der Waals surface area contributed by atoms with Gasteiger partial charge < -0.3 is 0 Å². The minimum Gasteiger partial charge on any atom is -0.123 e. The molecule has 3 atom stereocenters. The Morgan fingerprint density at radius 3 is 2.43 bits per heavy atom. The lowest BCUT2D eigenvalue weighted by Gasteiger charge is -2.33. The van der Waals surface area contributed by atoms with E-state index in [0.29, 0.717) is 10.8 Å². The average molecular weight is 217 g/mol. The number of hydrogen-bond acceptors (Lipinski definition) is 0. The molecule has 0 saturated heterocycles. The molecule has 0 N–H and O–H groups in total. The van der Waals surface area contributed by atoms with Gasteiger partial charge >= 0.3 is 0 Å². The van der Waals surface area contributed by atoms with Crippen molar-refractivity contribution < 1.29 is 0 Å². The monoisotopic (exact) mass is 216 g/mol. The first-order valence-electron chi connectivity index (χ1n) is 6.02. The summed E-state index contributed by atoms with van der Waals surface area (Å²) in [6.45, 7) is 9.33. The highest BCUT2D eigenvalue weighted by molar-refractivity contribution is 6.20. The Kier molecular flexibility index (Phi) is 4.30. The first kappa shape index (κ1) is 12.4. The maximum absolute atomic E-state index is 6.38. The standard InChI is InChI=1S/C13H25Cl/c1-10-5-6-12(14)11(9-10)7-8-13(2,3)4/h10-12H,5-9H2,1-4H3. The largest absolute Gasteiger partial charge is 0.123 e. The van der Waals surface area contributed by atoms with Crippen molar-refractivity contribution >= 4 is 11.6 Å². The number of alkyl halides is 1. The van der Waals surface area contributed by atoms with Crippen LogP contribution in [0.4, 0.5) is 0 Å². The molecular weight excluding hydrogens is 192 g/mol. The van der Waals surface area contributed by atoms with Gasteiger partial charge in [0.1, 0.15) is 0 Å². The summed E-state index contributed by atoms with van der Waals surface area (Å²) in [6.07, 6.45) is 6.55. The van der Waals surface area contributed by atoms with Gasteiger partial charge in [-0.2, -0.15) is 0 Å². The van der Waals surface area contributed by atoms with Gasteiger partial charge in [0.25, 0.3) is 0 Å². The van der Waals surface area contributed by atoms with Crippen LogP contribution in [0.5, 0.6) is 0 Å². The molecule has 1 rings (SSSR count). The van der Waals surface area contributed by atoms with Crippen molar-refractivity contribution in [3.05, 3.63) is 0 Å². The fourth-order valence-electron chi connectivity index (χ4n) is 2.38. The van der Waals surface area contributed by atoms with Crippen LogP contribution in [0.25, 0.3) is 0 Å². The topological polar surface area (TPSA) is 0 Å². The zero-order chi connectivity index (χ0) is 10.8. The second kappa shape index (κ2) is 4.88. The fourth-order valence-corrected chi connectivity index (χ4v) is 2.73. The lowest BCUT2D eigenvalue weighted by Crippen LogP contribution is -2.25. The number of hydrogen-bond donors (Lipinski definition) is 0. The molecule has 1 aliphatic rings. The van der Waals surface area contributed by atoms with Crippen LogP contribution >= 0.6 is 11.6 Å². The third-order valence-electron chi connectivity index (χ3n) is 3.42. The molecule has 1 fully saturated rings. The summed E-state index contributed by atoms with van der Waals surface area (Å²) in [5.74, 6) is 1.68. The summed E-state index contributed by atoms with van der Waals surface area (Å²) in [5, 5.41) is 0.452. The van der Waals surface area contributed by atoms with Crippen LogP contribution in [0.1, 0.15) is 59.8 Å². The molecule has 0 bridgehead atoms. The van der Waals surface area contributed by atoms with E-state index in [2.05, 4.69) is 27.7 Å². The van der Waals surface area contributed by atoms with Crippen LogP contribution in [0.15, 0.2) is 0 Å². The first-order chi connectivity index (χ1) is 6.38. The fraction of sp³-hybridized carbons (Fsp3) is 1.00. The summed E-state index contributed by atoms with van der Waals surface area (Å²) in [7, 11) is 0. The molecule has 14 heavy (non-hydrogen) atoms. The molecule has 0 heterocycles. The Hall–Kier alpha value is 0.290. The molecule has 0 radical (unpaired) electrons. The summed E-state index contributed by atoms with van der Waals surface area (Å²) in [6, 6.07) is 0. The van der Waals surface area contributed by atoms with Crippen LogP contribution in [-0.2, 0) is 0 Å². The molecule has 0 aromatic carbocycles. The van der Waals surface area contributed by atoms with Gasteiger partial charge in [-0.15, -0.1) is 11.6 Å². The average Bonchev–Trinajstić information content (AvgIpc) is 2.05. The van der Waals surface area contributed by atoms with E-state index in [1.165, 1.54) is 32.1 Å². The van der Waals surface area contributed by atoms with Gasteiger partial charge in [0.05, 0.1) is 0 Å². The van der Waals surface area contributed by atoms with Crippen molar-refractivity contribution in [2.24, 2.45) is 17.3 Å². The highest BCUT2D eigenvalue weighted by Crippen LogP contribution is 2.37. The Morgan fingerprint density at radius 2 is 1.86 bits per heavy atom. The van der Waals surface area contributed by atoms with Crippen molar-refractivity contribution in [1.82, 2.24) is 0 Å². The Balaban J connectivity index is 2.35. The van der Waals surface area contributed by atoms with Crippen LogP contribution in [0, 0.1) is 17.3 Å². The molecule has 0 aliphatic heterocycles. The van der Waals surface area contributed by atoms with Gasteiger partial charge in [-0.05, 0) is 49.4 Å². The van der Waals surface area contributed by atoms with E-state index < -0.39 is 0 Å². The van der Waals surface area contributed by atoms with E-state index in [1.54, 1.807) is 0 Å². The summed E-state index contributed by atoms with van der Waals surface area (Å²) < 4.78 is 0.